The normalized spacial score (nSPS) is 12.0. The predicted octanol–water partition coefficient (Wildman–Crippen LogP) is 2.07. The fourth-order valence-electron chi connectivity index (χ4n) is 1.66. The minimum atomic E-state index is 0.406. The van der Waals surface area contributed by atoms with E-state index in [2.05, 4.69) is 32.6 Å². The van der Waals surface area contributed by atoms with E-state index in [0.29, 0.717) is 6.61 Å². The maximum Gasteiger partial charge on any atom is 0.131 e. The molecule has 0 saturated carbocycles. The topological polar surface area (TPSA) is 29.5 Å². The Morgan fingerprint density at radius 1 is 0.824 bits per heavy atom. The third kappa shape index (κ3) is 10.7. The van der Waals surface area contributed by atoms with Crippen molar-refractivity contribution in [3.05, 3.63) is 0 Å². The van der Waals surface area contributed by atoms with Crippen molar-refractivity contribution >= 4 is 0 Å². The molecule has 0 rings (SSSR count). The van der Waals surface area contributed by atoms with E-state index in [-0.39, 0.29) is 0 Å². The molecule has 4 heteroatoms. The largest absolute Gasteiger partial charge is 0.329 e. The fourth-order valence-corrected chi connectivity index (χ4v) is 1.66. The van der Waals surface area contributed by atoms with Crippen LogP contribution in [0.4, 0.5) is 0 Å². The van der Waals surface area contributed by atoms with Gasteiger partial charge in [0.1, 0.15) is 13.2 Å². The summed E-state index contributed by atoms with van der Waals surface area (Å²) in [6.45, 7) is 15.5. The van der Waals surface area contributed by atoms with E-state index >= 15 is 0 Å². The van der Waals surface area contributed by atoms with Crippen molar-refractivity contribution in [1.29, 1.82) is 0 Å². The molecular weight excluding hydrogens is 216 g/mol. The molecule has 0 saturated heterocycles. The average molecular weight is 250 g/mol. The molecule has 0 unspecified atom stereocenters. The maximum atomic E-state index is 7.92. The molecule has 106 valence electrons. The standard InChI is InChI=1S/C8H20N.C5H13NO2/c1-5-9(6-2,7-3)8-4;1-6(2,3)4-5-8-7/h5-8H2,1-4H3;4-5H2,1-3H3/q+1;/p+1. The van der Waals surface area contributed by atoms with Gasteiger partial charge in [0, 0.05) is 0 Å². The van der Waals surface area contributed by atoms with Gasteiger partial charge in [0.2, 0.25) is 0 Å². The molecule has 0 bridgehead atoms. The number of likely N-dealkylation sites (N-methyl/N-ethyl adjacent to an activating group) is 1. The first-order valence-corrected chi connectivity index (χ1v) is 6.72. The van der Waals surface area contributed by atoms with E-state index in [9.17, 15) is 0 Å². The van der Waals surface area contributed by atoms with Gasteiger partial charge in [-0.3, -0.25) is 5.26 Å². The zero-order valence-corrected chi connectivity index (χ0v) is 13.0. The molecule has 17 heavy (non-hydrogen) atoms. The Bertz CT molecular complexity index is 146. The van der Waals surface area contributed by atoms with Gasteiger partial charge in [0.25, 0.3) is 0 Å². The highest BCUT2D eigenvalue weighted by Gasteiger charge is 2.16. The first kappa shape index (κ1) is 19.2. The summed E-state index contributed by atoms with van der Waals surface area (Å²) >= 11 is 0. The molecule has 0 aromatic heterocycles. The molecule has 0 aromatic rings. The second kappa shape index (κ2) is 9.83. The van der Waals surface area contributed by atoms with Crippen molar-refractivity contribution in [1.82, 2.24) is 0 Å². The lowest BCUT2D eigenvalue weighted by Gasteiger charge is -2.34. The highest BCUT2D eigenvalue weighted by molar-refractivity contribution is 4.31. The molecule has 0 amide bonds. The van der Waals surface area contributed by atoms with Crippen LogP contribution in [0.25, 0.3) is 0 Å². The minimum Gasteiger partial charge on any atom is -0.329 e. The van der Waals surface area contributed by atoms with Crippen LogP contribution in [-0.2, 0) is 4.89 Å². The van der Waals surface area contributed by atoms with Gasteiger partial charge < -0.3 is 8.97 Å². The zero-order valence-electron chi connectivity index (χ0n) is 13.0. The molecule has 0 fully saturated rings. The van der Waals surface area contributed by atoms with E-state index in [1.165, 1.54) is 30.7 Å². The number of hydrogen-bond acceptors (Lipinski definition) is 2. The van der Waals surface area contributed by atoms with Crippen LogP contribution in [0.1, 0.15) is 27.7 Å². The van der Waals surface area contributed by atoms with Gasteiger partial charge in [-0.05, 0) is 27.7 Å². The summed E-state index contributed by atoms with van der Waals surface area (Å²) in [4.78, 5) is 3.90. The lowest BCUT2D eigenvalue weighted by molar-refractivity contribution is -0.921. The van der Waals surface area contributed by atoms with Crippen LogP contribution in [0.3, 0.4) is 0 Å². The predicted molar refractivity (Wildman–Crippen MR) is 73.9 cm³/mol. The summed E-state index contributed by atoms with van der Waals surface area (Å²) in [6, 6.07) is 0. The molecule has 0 aliphatic carbocycles. The highest BCUT2D eigenvalue weighted by Crippen LogP contribution is 2.03. The van der Waals surface area contributed by atoms with Crippen LogP contribution in [0.2, 0.25) is 0 Å². The first-order chi connectivity index (χ1) is 7.80. The second-order valence-corrected chi connectivity index (χ2v) is 5.45. The van der Waals surface area contributed by atoms with Crippen molar-refractivity contribution in [3.63, 3.8) is 0 Å². The molecule has 0 aliphatic rings. The fraction of sp³-hybridized carbons (Fsp3) is 1.00. The number of nitrogens with zero attached hydrogens (tertiary/aromatic N) is 2. The number of hydrogen-bond donors (Lipinski definition) is 1. The summed E-state index contributed by atoms with van der Waals surface area (Å²) < 4.78 is 2.10. The van der Waals surface area contributed by atoms with Crippen LogP contribution in [-0.4, -0.2) is 74.7 Å². The van der Waals surface area contributed by atoms with Gasteiger partial charge in [-0.1, -0.05) is 0 Å². The Labute approximate surface area is 108 Å². The summed E-state index contributed by atoms with van der Waals surface area (Å²) in [5, 5.41) is 7.92. The van der Waals surface area contributed by atoms with Gasteiger partial charge >= 0.3 is 0 Å². The van der Waals surface area contributed by atoms with Gasteiger partial charge in [-0.25, -0.2) is 4.89 Å². The minimum absolute atomic E-state index is 0.406. The molecular formula is C13H34N2O2+2. The lowest BCUT2D eigenvalue weighted by Crippen LogP contribution is -2.47. The van der Waals surface area contributed by atoms with E-state index < -0.39 is 0 Å². The summed E-state index contributed by atoms with van der Waals surface area (Å²) in [5.74, 6) is 0. The molecule has 0 heterocycles. The lowest BCUT2D eigenvalue weighted by atomic mass is 10.3. The quantitative estimate of drug-likeness (QED) is 0.426. The van der Waals surface area contributed by atoms with Crippen molar-refractivity contribution in [3.8, 4) is 0 Å². The Balaban J connectivity index is 0. The first-order valence-electron chi connectivity index (χ1n) is 6.72. The molecule has 0 atom stereocenters. The average Bonchev–Trinajstić information content (AvgIpc) is 2.30. The summed E-state index contributed by atoms with van der Waals surface area (Å²) in [6.07, 6.45) is 0. The molecule has 1 N–H and O–H groups in total. The molecule has 0 aliphatic heterocycles. The van der Waals surface area contributed by atoms with E-state index in [1.54, 1.807) is 0 Å². The van der Waals surface area contributed by atoms with Gasteiger partial charge in [-0.15, -0.1) is 0 Å². The van der Waals surface area contributed by atoms with Crippen molar-refractivity contribution < 1.29 is 19.1 Å². The second-order valence-electron chi connectivity index (χ2n) is 5.45. The van der Waals surface area contributed by atoms with Gasteiger partial charge in [-0.2, -0.15) is 0 Å². The molecule has 0 radical (unpaired) electrons. The van der Waals surface area contributed by atoms with E-state index in [1.807, 2.05) is 21.1 Å². The van der Waals surface area contributed by atoms with Crippen molar-refractivity contribution in [2.24, 2.45) is 0 Å². The van der Waals surface area contributed by atoms with Gasteiger partial charge in [0.15, 0.2) is 0 Å². The van der Waals surface area contributed by atoms with E-state index in [0.717, 1.165) is 11.0 Å². The van der Waals surface area contributed by atoms with E-state index in [4.69, 9.17) is 5.26 Å². The van der Waals surface area contributed by atoms with Crippen LogP contribution in [0.15, 0.2) is 0 Å². The number of quaternary nitrogens is 2. The maximum absolute atomic E-state index is 7.92. The van der Waals surface area contributed by atoms with Gasteiger partial charge in [0.05, 0.1) is 47.3 Å². The Morgan fingerprint density at radius 2 is 1.18 bits per heavy atom. The Morgan fingerprint density at radius 3 is 1.24 bits per heavy atom. The summed E-state index contributed by atoms with van der Waals surface area (Å²) in [7, 11) is 6.12. The smallest absolute Gasteiger partial charge is 0.131 e. The Kier molecular flexibility index (Phi) is 11.1. The van der Waals surface area contributed by atoms with Crippen LogP contribution in [0, 0.1) is 0 Å². The van der Waals surface area contributed by atoms with Crippen molar-refractivity contribution in [2.75, 3.05) is 60.5 Å². The molecule has 4 nitrogen and oxygen atoms in total. The summed E-state index contributed by atoms with van der Waals surface area (Å²) in [5.41, 5.74) is 0. The highest BCUT2D eigenvalue weighted by atomic mass is 17.1. The van der Waals surface area contributed by atoms with Crippen LogP contribution >= 0.6 is 0 Å². The Hall–Kier alpha value is -0.160. The molecule has 0 aromatic carbocycles. The zero-order chi connectivity index (χ0) is 13.9. The van der Waals surface area contributed by atoms with Crippen LogP contribution < -0.4 is 0 Å². The molecule has 0 spiro atoms. The number of rotatable bonds is 7. The monoisotopic (exact) mass is 250 g/mol. The SMILES string of the molecule is CC[N+](CC)(CC)CC.C[N+](C)(C)CCOO. The van der Waals surface area contributed by atoms with Crippen molar-refractivity contribution in [2.45, 2.75) is 27.7 Å². The third-order valence-electron chi connectivity index (χ3n) is 3.54. The van der Waals surface area contributed by atoms with Crippen LogP contribution in [0.5, 0.6) is 0 Å². The third-order valence-corrected chi connectivity index (χ3v) is 3.54.